The maximum absolute atomic E-state index is 12.6. The molecule has 22 heavy (non-hydrogen) atoms. The highest BCUT2D eigenvalue weighted by Gasteiger charge is 2.11. The average Bonchev–Trinajstić information content (AvgIpc) is 2.55. The highest BCUT2D eigenvalue weighted by molar-refractivity contribution is 9.10. The van der Waals surface area contributed by atoms with Crippen molar-refractivity contribution < 1.29 is 9.53 Å². The second kappa shape index (κ2) is 6.20. The standard InChI is InChI=1S/C18H14BrNO2/c1-22-13-6-2-5-12(11-13)20-18(21)16-9-3-8-15-14(16)7-4-10-17(15)19/h2-11H,1H3,(H,20,21). The number of fused-ring (bicyclic) bond motifs is 1. The van der Waals surface area contributed by atoms with Crippen LogP contribution in [0.5, 0.6) is 5.75 Å². The van der Waals surface area contributed by atoms with Crippen LogP contribution in [-0.2, 0) is 0 Å². The van der Waals surface area contributed by atoms with Gasteiger partial charge < -0.3 is 10.1 Å². The number of carbonyl (C=O) groups excluding carboxylic acids is 1. The van der Waals surface area contributed by atoms with Gasteiger partial charge in [0.15, 0.2) is 0 Å². The summed E-state index contributed by atoms with van der Waals surface area (Å²) in [5, 5.41) is 4.84. The molecule has 110 valence electrons. The van der Waals surface area contributed by atoms with Gasteiger partial charge in [0.25, 0.3) is 5.91 Å². The van der Waals surface area contributed by atoms with E-state index in [2.05, 4.69) is 21.2 Å². The first-order chi connectivity index (χ1) is 10.7. The summed E-state index contributed by atoms with van der Waals surface area (Å²) in [5.74, 6) is 0.565. The summed E-state index contributed by atoms with van der Waals surface area (Å²) in [6.45, 7) is 0. The molecule has 3 nitrogen and oxygen atoms in total. The number of hydrogen-bond donors (Lipinski definition) is 1. The Morgan fingerprint density at radius 2 is 1.73 bits per heavy atom. The van der Waals surface area contributed by atoms with E-state index < -0.39 is 0 Å². The lowest BCUT2D eigenvalue weighted by Crippen LogP contribution is -2.12. The monoisotopic (exact) mass is 355 g/mol. The number of rotatable bonds is 3. The van der Waals surface area contributed by atoms with Crippen LogP contribution in [0.2, 0.25) is 0 Å². The molecule has 0 aliphatic carbocycles. The van der Waals surface area contributed by atoms with Crippen molar-refractivity contribution in [2.75, 3.05) is 12.4 Å². The summed E-state index contributed by atoms with van der Waals surface area (Å²) in [7, 11) is 1.60. The van der Waals surface area contributed by atoms with Crippen LogP contribution in [0.3, 0.4) is 0 Å². The molecule has 3 rings (SSSR count). The van der Waals surface area contributed by atoms with Gasteiger partial charge in [-0.25, -0.2) is 0 Å². The van der Waals surface area contributed by atoms with Crippen LogP contribution >= 0.6 is 15.9 Å². The van der Waals surface area contributed by atoms with Crippen molar-refractivity contribution in [1.82, 2.24) is 0 Å². The molecule has 3 aromatic rings. The predicted molar refractivity (Wildman–Crippen MR) is 92.6 cm³/mol. The first kappa shape index (κ1) is 14.6. The SMILES string of the molecule is COc1cccc(NC(=O)c2cccc3c(Br)cccc23)c1. The Kier molecular flexibility index (Phi) is 4.11. The van der Waals surface area contributed by atoms with Crippen LogP contribution in [-0.4, -0.2) is 13.0 Å². The van der Waals surface area contributed by atoms with Gasteiger partial charge in [0, 0.05) is 21.8 Å². The predicted octanol–water partition coefficient (Wildman–Crippen LogP) is 4.86. The van der Waals surface area contributed by atoms with E-state index in [1.807, 2.05) is 54.6 Å². The van der Waals surface area contributed by atoms with E-state index in [1.165, 1.54) is 0 Å². The van der Waals surface area contributed by atoms with E-state index in [9.17, 15) is 4.79 Å². The van der Waals surface area contributed by atoms with Gasteiger partial charge in [-0.1, -0.05) is 46.3 Å². The third kappa shape index (κ3) is 2.83. The zero-order valence-electron chi connectivity index (χ0n) is 12.0. The fourth-order valence-electron chi connectivity index (χ4n) is 2.37. The molecule has 1 amide bonds. The van der Waals surface area contributed by atoms with Gasteiger partial charge in [-0.2, -0.15) is 0 Å². The lowest BCUT2D eigenvalue weighted by atomic mass is 10.0. The molecule has 0 aliphatic rings. The lowest BCUT2D eigenvalue weighted by Gasteiger charge is -2.10. The van der Waals surface area contributed by atoms with Gasteiger partial charge in [-0.3, -0.25) is 4.79 Å². The van der Waals surface area contributed by atoms with E-state index in [0.717, 1.165) is 15.2 Å². The van der Waals surface area contributed by atoms with Gasteiger partial charge in [0.2, 0.25) is 0 Å². The summed E-state index contributed by atoms with van der Waals surface area (Å²) in [6.07, 6.45) is 0. The molecule has 0 fully saturated rings. The lowest BCUT2D eigenvalue weighted by molar-refractivity contribution is 0.102. The second-order valence-electron chi connectivity index (χ2n) is 4.83. The fraction of sp³-hybridized carbons (Fsp3) is 0.0556. The number of anilines is 1. The quantitative estimate of drug-likeness (QED) is 0.728. The van der Waals surface area contributed by atoms with Gasteiger partial charge in [0.05, 0.1) is 7.11 Å². The number of amides is 1. The third-order valence-electron chi connectivity index (χ3n) is 3.44. The Bertz CT molecular complexity index is 845. The van der Waals surface area contributed by atoms with E-state index >= 15 is 0 Å². The molecular weight excluding hydrogens is 342 g/mol. The summed E-state index contributed by atoms with van der Waals surface area (Å²) in [5.41, 5.74) is 1.35. The van der Waals surface area contributed by atoms with Crippen molar-refractivity contribution in [3.05, 3.63) is 70.7 Å². The van der Waals surface area contributed by atoms with Crippen LogP contribution in [0.1, 0.15) is 10.4 Å². The van der Waals surface area contributed by atoms with Crippen molar-refractivity contribution in [2.24, 2.45) is 0 Å². The minimum Gasteiger partial charge on any atom is -0.497 e. The normalized spacial score (nSPS) is 10.5. The fourth-order valence-corrected chi connectivity index (χ4v) is 2.87. The molecule has 0 bridgehead atoms. The summed E-state index contributed by atoms with van der Waals surface area (Å²) in [4.78, 5) is 12.6. The Morgan fingerprint density at radius 1 is 1.00 bits per heavy atom. The smallest absolute Gasteiger partial charge is 0.256 e. The molecule has 0 aliphatic heterocycles. The highest BCUT2D eigenvalue weighted by Crippen LogP contribution is 2.27. The molecule has 0 aromatic heterocycles. The van der Waals surface area contributed by atoms with Crippen molar-refractivity contribution in [2.45, 2.75) is 0 Å². The summed E-state index contributed by atoms with van der Waals surface area (Å²) < 4.78 is 6.14. The number of methoxy groups -OCH3 is 1. The number of nitrogens with one attached hydrogen (secondary N) is 1. The largest absolute Gasteiger partial charge is 0.497 e. The molecule has 0 unspecified atom stereocenters. The minimum absolute atomic E-state index is 0.142. The molecule has 0 saturated heterocycles. The molecule has 0 heterocycles. The minimum atomic E-state index is -0.142. The van der Waals surface area contributed by atoms with E-state index in [-0.39, 0.29) is 5.91 Å². The molecule has 3 aromatic carbocycles. The topological polar surface area (TPSA) is 38.3 Å². The average molecular weight is 356 g/mol. The Labute approximate surface area is 137 Å². The van der Waals surface area contributed by atoms with Crippen molar-refractivity contribution in [3.63, 3.8) is 0 Å². The molecular formula is C18H14BrNO2. The van der Waals surface area contributed by atoms with E-state index in [4.69, 9.17) is 4.74 Å². The van der Waals surface area contributed by atoms with Gasteiger partial charge >= 0.3 is 0 Å². The van der Waals surface area contributed by atoms with Gasteiger partial charge in [0.1, 0.15) is 5.75 Å². The maximum atomic E-state index is 12.6. The molecule has 4 heteroatoms. The zero-order chi connectivity index (χ0) is 15.5. The highest BCUT2D eigenvalue weighted by atomic mass is 79.9. The molecule has 0 radical (unpaired) electrons. The van der Waals surface area contributed by atoms with Crippen LogP contribution in [0.4, 0.5) is 5.69 Å². The Balaban J connectivity index is 1.97. The summed E-state index contributed by atoms with van der Waals surface area (Å²) >= 11 is 3.52. The Hall–Kier alpha value is -2.33. The number of carbonyl (C=O) groups is 1. The number of ether oxygens (including phenoxy) is 1. The van der Waals surface area contributed by atoms with Crippen LogP contribution in [0.25, 0.3) is 10.8 Å². The second-order valence-corrected chi connectivity index (χ2v) is 5.68. The van der Waals surface area contributed by atoms with Gasteiger partial charge in [-0.05, 0) is 35.0 Å². The number of hydrogen-bond acceptors (Lipinski definition) is 2. The van der Waals surface area contributed by atoms with Crippen LogP contribution in [0, 0.1) is 0 Å². The molecule has 0 spiro atoms. The maximum Gasteiger partial charge on any atom is 0.256 e. The van der Waals surface area contributed by atoms with E-state index in [1.54, 1.807) is 13.2 Å². The van der Waals surface area contributed by atoms with Crippen LogP contribution < -0.4 is 10.1 Å². The Morgan fingerprint density at radius 3 is 2.55 bits per heavy atom. The van der Waals surface area contributed by atoms with Crippen molar-refractivity contribution in [1.29, 1.82) is 0 Å². The summed E-state index contributed by atoms with van der Waals surface area (Å²) in [6, 6.07) is 18.8. The third-order valence-corrected chi connectivity index (χ3v) is 4.13. The molecule has 0 atom stereocenters. The van der Waals surface area contributed by atoms with Gasteiger partial charge in [-0.15, -0.1) is 0 Å². The molecule has 1 N–H and O–H groups in total. The molecule has 0 saturated carbocycles. The van der Waals surface area contributed by atoms with Crippen molar-refractivity contribution in [3.8, 4) is 5.75 Å². The first-order valence-corrected chi connectivity index (χ1v) is 7.61. The van der Waals surface area contributed by atoms with Crippen molar-refractivity contribution >= 4 is 38.3 Å². The zero-order valence-corrected chi connectivity index (χ0v) is 13.6. The number of halogens is 1. The van der Waals surface area contributed by atoms with Crippen LogP contribution in [0.15, 0.2) is 65.1 Å². The number of benzene rings is 3. The van der Waals surface area contributed by atoms with E-state index in [0.29, 0.717) is 17.0 Å². The first-order valence-electron chi connectivity index (χ1n) is 6.81.